The lowest BCUT2D eigenvalue weighted by molar-refractivity contribution is -0.132. The molecule has 2 rings (SSSR count). The Hall–Kier alpha value is -1.20. The Labute approximate surface area is 117 Å². The van der Waals surface area contributed by atoms with Crippen molar-refractivity contribution in [2.45, 2.75) is 31.7 Å². The van der Waals surface area contributed by atoms with Crippen LogP contribution in [0.2, 0.25) is 0 Å². The lowest BCUT2D eigenvalue weighted by Crippen LogP contribution is -2.44. The van der Waals surface area contributed by atoms with Crippen molar-refractivity contribution in [2.75, 3.05) is 20.1 Å². The van der Waals surface area contributed by atoms with Crippen LogP contribution in [0, 0.1) is 0 Å². The Kier molecular flexibility index (Phi) is 5.10. The quantitative estimate of drug-likeness (QED) is 0.838. The normalized spacial score (nSPS) is 16.6. The molecule has 1 aromatic heterocycles. The van der Waals surface area contributed by atoms with E-state index in [0.717, 1.165) is 30.8 Å². The van der Waals surface area contributed by atoms with E-state index in [4.69, 9.17) is 0 Å². The molecule has 0 saturated carbocycles. The minimum absolute atomic E-state index is 0.0773. The molecule has 4 nitrogen and oxygen atoms in total. The largest absolute Gasteiger partial charge is 0.343 e. The molecule has 1 saturated heterocycles. The molecule has 0 radical (unpaired) electrons. The fraction of sp³-hybridized carbons (Fsp3) is 0.571. The molecule has 1 amide bonds. The molecule has 104 valence electrons. The van der Waals surface area contributed by atoms with Gasteiger partial charge in [-0.2, -0.15) is 0 Å². The minimum atomic E-state index is 0.0773. The highest BCUT2D eigenvalue weighted by atomic mass is 32.1. The molecule has 0 aromatic carbocycles. The van der Waals surface area contributed by atoms with E-state index in [2.05, 4.69) is 5.32 Å². The van der Waals surface area contributed by atoms with Gasteiger partial charge in [0.1, 0.15) is 0 Å². The fourth-order valence-electron chi connectivity index (χ4n) is 2.36. The van der Waals surface area contributed by atoms with Gasteiger partial charge in [0, 0.05) is 32.0 Å². The number of Topliss-reactive ketones (excluding diaryl/α,β-unsaturated/α-hetero) is 1. The predicted molar refractivity (Wildman–Crippen MR) is 76.5 cm³/mol. The molecular weight excluding hydrogens is 260 g/mol. The maximum absolute atomic E-state index is 12.0. The van der Waals surface area contributed by atoms with Gasteiger partial charge >= 0.3 is 0 Å². The van der Waals surface area contributed by atoms with Crippen molar-refractivity contribution in [1.82, 2.24) is 10.2 Å². The van der Waals surface area contributed by atoms with Crippen LogP contribution in [0.15, 0.2) is 17.5 Å². The maximum atomic E-state index is 12.0. The lowest BCUT2D eigenvalue weighted by atomic mass is 10.0. The molecule has 1 N–H and O–H groups in total. The van der Waals surface area contributed by atoms with Crippen LogP contribution >= 0.6 is 11.3 Å². The van der Waals surface area contributed by atoms with Gasteiger partial charge in [0.2, 0.25) is 5.91 Å². The van der Waals surface area contributed by atoms with Crippen LogP contribution < -0.4 is 5.32 Å². The second-order valence-corrected chi connectivity index (χ2v) is 5.79. The fourth-order valence-corrected chi connectivity index (χ4v) is 3.05. The van der Waals surface area contributed by atoms with Crippen LogP contribution in [-0.2, 0) is 4.79 Å². The number of nitrogens with zero attached hydrogens (tertiary/aromatic N) is 1. The third-order valence-corrected chi connectivity index (χ3v) is 4.53. The zero-order valence-corrected chi connectivity index (χ0v) is 12.0. The summed E-state index contributed by atoms with van der Waals surface area (Å²) < 4.78 is 0. The van der Waals surface area contributed by atoms with E-state index < -0.39 is 0 Å². The molecule has 0 bridgehead atoms. The van der Waals surface area contributed by atoms with Crippen molar-refractivity contribution in [2.24, 2.45) is 0 Å². The van der Waals surface area contributed by atoms with Gasteiger partial charge in [0.25, 0.3) is 0 Å². The maximum Gasteiger partial charge on any atom is 0.223 e. The van der Waals surface area contributed by atoms with Gasteiger partial charge in [0.05, 0.1) is 4.88 Å². The number of carbonyl (C=O) groups excluding carboxylic acids is 2. The number of hydrogen-bond acceptors (Lipinski definition) is 4. The van der Waals surface area contributed by atoms with E-state index in [9.17, 15) is 9.59 Å². The first kappa shape index (κ1) is 14.2. The van der Waals surface area contributed by atoms with Crippen LogP contribution in [0.1, 0.15) is 35.4 Å². The summed E-state index contributed by atoms with van der Waals surface area (Å²) in [6.45, 7) is 1.61. The SMILES string of the molecule is CNC1CCN(C(=O)CCC(=O)c2cccs2)CC1. The van der Waals surface area contributed by atoms with Gasteiger partial charge in [-0.15, -0.1) is 11.3 Å². The number of hydrogen-bond donors (Lipinski definition) is 1. The van der Waals surface area contributed by atoms with Crippen molar-refractivity contribution >= 4 is 23.0 Å². The van der Waals surface area contributed by atoms with Crippen LogP contribution in [-0.4, -0.2) is 42.8 Å². The Bertz CT molecular complexity index is 423. The number of rotatable bonds is 5. The molecule has 0 spiro atoms. The summed E-state index contributed by atoms with van der Waals surface area (Å²) in [6, 6.07) is 4.20. The van der Waals surface area contributed by atoms with Gasteiger partial charge in [-0.1, -0.05) is 6.07 Å². The number of ketones is 1. The number of thiophene rings is 1. The van der Waals surface area contributed by atoms with E-state index in [1.165, 1.54) is 11.3 Å². The third kappa shape index (κ3) is 3.88. The van der Waals surface area contributed by atoms with Crippen molar-refractivity contribution in [3.8, 4) is 0 Å². The Balaban J connectivity index is 1.74. The zero-order valence-electron chi connectivity index (χ0n) is 11.2. The summed E-state index contributed by atoms with van der Waals surface area (Å²) in [4.78, 5) is 26.5. The lowest BCUT2D eigenvalue weighted by Gasteiger charge is -2.31. The molecule has 0 aliphatic carbocycles. The molecule has 1 aliphatic rings. The summed E-state index contributed by atoms with van der Waals surface area (Å²) in [7, 11) is 1.96. The van der Waals surface area contributed by atoms with E-state index in [1.54, 1.807) is 0 Å². The van der Waals surface area contributed by atoms with Crippen LogP contribution in [0.4, 0.5) is 0 Å². The Morgan fingerprint density at radius 3 is 2.68 bits per heavy atom. The minimum Gasteiger partial charge on any atom is -0.343 e. The van der Waals surface area contributed by atoms with E-state index in [1.807, 2.05) is 29.5 Å². The van der Waals surface area contributed by atoms with Gasteiger partial charge in [-0.3, -0.25) is 9.59 Å². The van der Waals surface area contributed by atoms with Gasteiger partial charge in [-0.25, -0.2) is 0 Å². The highest BCUT2D eigenvalue weighted by molar-refractivity contribution is 7.12. The number of piperidine rings is 1. The van der Waals surface area contributed by atoms with Gasteiger partial charge < -0.3 is 10.2 Å². The average molecular weight is 280 g/mol. The van der Waals surface area contributed by atoms with E-state index in [0.29, 0.717) is 18.9 Å². The summed E-state index contributed by atoms with van der Waals surface area (Å²) in [5, 5.41) is 5.13. The zero-order chi connectivity index (χ0) is 13.7. The molecule has 2 heterocycles. The monoisotopic (exact) mass is 280 g/mol. The molecule has 1 fully saturated rings. The standard InChI is InChI=1S/C14H20N2O2S/c1-15-11-6-8-16(9-7-11)14(18)5-4-12(17)13-3-2-10-19-13/h2-3,10-11,15H,4-9H2,1H3. The summed E-state index contributed by atoms with van der Waals surface area (Å²) in [6.07, 6.45) is 2.66. The third-order valence-electron chi connectivity index (χ3n) is 3.62. The number of carbonyl (C=O) groups is 2. The Morgan fingerprint density at radius 2 is 2.11 bits per heavy atom. The molecule has 1 aromatic rings. The number of amides is 1. The average Bonchev–Trinajstić information content (AvgIpc) is 2.98. The molecule has 0 unspecified atom stereocenters. The molecule has 5 heteroatoms. The first-order valence-corrected chi connectivity index (χ1v) is 7.60. The van der Waals surface area contributed by atoms with Gasteiger partial charge in [0.15, 0.2) is 5.78 Å². The van der Waals surface area contributed by atoms with E-state index in [-0.39, 0.29) is 11.7 Å². The van der Waals surface area contributed by atoms with Crippen LogP contribution in [0.25, 0.3) is 0 Å². The smallest absolute Gasteiger partial charge is 0.223 e. The van der Waals surface area contributed by atoms with Gasteiger partial charge in [-0.05, 0) is 31.3 Å². The summed E-state index contributed by atoms with van der Waals surface area (Å²) >= 11 is 1.44. The predicted octanol–water partition coefficient (Wildman–Crippen LogP) is 1.92. The topological polar surface area (TPSA) is 49.4 Å². The molecule has 19 heavy (non-hydrogen) atoms. The van der Waals surface area contributed by atoms with Crippen molar-refractivity contribution in [3.05, 3.63) is 22.4 Å². The summed E-state index contributed by atoms with van der Waals surface area (Å²) in [5.74, 6) is 0.188. The van der Waals surface area contributed by atoms with Crippen molar-refractivity contribution in [3.63, 3.8) is 0 Å². The van der Waals surface area contributed by atoms with Crippen molar-refractivity contribution in [1.29, 1.82) is 0 Å². The summed E-state index contributed by atoms with van der Waals surface area (Å²) in [5.41, 5.74) is 0. The molecule has 0 atom stereocenters. The molecule has 1 aliphatic heterocycles. The van der Waals surface area contributed by atoms with Crippen LogP contribution in [0.5, 0.6) is 0 Å². The first-order chi connectivity index (χ1) is 9.20. The van der Waals surface area contributed by atoms with E-state index >= 15 is 0 Å². The highest BCUT2D eigenvalue weighted by Gasteiger charge is 2.22. The highest BCUT2D eigenvalue weighted by Crippen LogP contribution is 2.15. The second-order valence-electron chi connectivity index (χ2n) is 4.84. The number of nitrogens with one attached hydrogen (secondary N) is 1. The molecular formula is C14H20N2O2S. The Morgan fingerprint density at radius 1 is 1.37 bits per heavy atom. The number of likely N-dealkylation sites (tertiary alicyclic amines) is 1. The second kappa shape index (κ2) is 6.82. The van der Waals surface area contributed by atoms with Crippen LogP contribution in [0.3, 0.4) is 0 Å². The first-order valence-electron chi connectivity index (χ1n) is 6.72. The van der Waals surface area contributed by atoms with Crippen molar-refractivity contribution < 1.29 is 9.59 Å².